The highest BCUT2D eigenvalue weighted by Crippen LogP contribution is 2.24. The average Bonchev–Trinajstić information content (AvgIpc) is 3.18. The first-order valence-corrected chi connectivity index (χ1v) is 10.6. The van der Waals surface area contributed by atoms with Crippen LogP contribution in [0.4, 0.5) is 0 Å². The second kappa shape index (κ2) is 11.1. The van der Waals surface area contributed by atoms with Gasteiger partial charge in [-0.15, -0.1) is 5.10 Å². The van der Waals surface area contributed by atoms with E-state index in [1.807, 2.05) is 12.3 Å². The number of benzene rings is 1. The van der Waals surface area contributed by atoms with Gasteiger partial charge in [0, 0.05) is 19.3 Å². The fourth-order valence-corrected chi connectivity index (χ4v) is 3.72. The summed E-state index contributed by atoms with van der Waals surface area (Å²) in [6.07, 6.45) is 7.21. The van der Waals surface area contributed by atoms with Crippen molar-refractivity contribution in [2.24, 2.45) is 5.92 Å². The molecule has 7 heteroatoms. The van der Waals surface area contributed by atoms with Crippen LogP contribution in [-0.2, 0) is 29.0 Å². The highest BCUT2D eigenvalue weighted by Gasteiger charge is 2.23. The molecule has 1 aliphatic rings. The minimum Gasteiger partial charge on any atom is -0.463 e. The molecule has 1 saturated carbocycles. The minimum atomic E-state index is -0.784. The van der Waals surface area contributed by atoms with Crippen LogP contribution in [0.25, 0.3) is 0 Å². The van der Waals surface area contributed by atoms with Gasteiger partial charge in [-0.3, -0.25) is 4.79 Å². The molecule has 1 aromatic heterocycles. The van der Waals surface area contributed by atoms with E-state index in [9.17, 15) is 9.90 Å². The monoisotopic (exact) mass is 400 g/mol. The first-order valence-electron chi connectivity index (χ1n) is 10.6. The zero-order valence-corrected chi connectivity index (χ0v) is 17.2. The minimum absolute atomic E-state index is 0.000320. The molecule has 3 rings (SSSR count). The molecule has 0 radical (unpaired) electrons. The Balaban J connectivity index is 1.37. The van der Waals surface area contributed by atoms with E-state index in [1.54, 1.807) is 4.68 Å². The van der Waals surface area contributed by atoms with E-state index < -0.39 is 6.10 Å². The van der Waals surface area contributed by atoms with Gasteiger partial charge in [0.15, 0.2) is 0 Å². The highest BCUT2D eigenvalue weighted by atomic mass is 16.5. The molecular weight excluding hydrogens is 368 g/mol. The largest absolute Gasteiger partial charge is 0.463 e. The van der Waals surface area contributed by atoms with Gasteiger partial charge < -0.3 is 14.7 Å². The summed E-state index contributed by atoms with van der Waals surface area (Å²) in [4.78, 5) is 14.3. The first kappa shape index (κ1) is 21.5. The fraction of sp³-hybridized carbons (Fsp3) is 0.591. The lowest BCUT2D eigenvalue weighted by molar-refractivity contribution is -0.152. The Labute approximate surface area is 172 Å². The number of aromatic nitrogens is 3. The summed E-state index contributed by atoms with van der Waals surface area (Å²) in [6.45, 7) is 1.89. The summed E-state index contributed by atoms with van der Waals surface area (Å²) in [5.74, 6) is -0.177. The third-order valence-electron chi connectivity index (χ3n) is 5.40. The second-order valence-electron chi connectivity index (χ2n) is 8.02. The molecule has 7 nitrogen and oxygen atoms in total. The maximum atomic E-state index is 12.1. The summed E-state index contributed by atoms with van der Waals surface area (Å²) in [6, 6.07) is 10.4. The highest BCUT2D eigenvalue weighted by molar-refractivity contribution is 5.72. The fourth-order valence-electron chi connectivity index (χ4n) is 3.72. The van der Waals surface area contributed by atoms with Crippen LogP contribution < -0.4 is 0 Å². The zero-order valence-electron chi connectivity index (χ0n) is 17.2. The molecule has 1 atom stereocenters. The van der Waals surface area contributed by atoms with Gasteiger partial charge >= 0.3 is 5.97 Å². The molecule has 158 valence electrons. The van der Waals surface area contributed by atoms with E-state index in [0.29, 0.717) is 6.54 Å². The van der Waals surface area contributed by atoms with Gasteiger partial charge in [0.05, 0.1) is 18.2 Å². The van der Waals surface area contributed by atoms with Crippen molar-refractivity contribution in [2.75, 3.05) is 20.2 Å². The molecule has 0 amide bonds. The predicted octanol–water partition coefficient (Wildman–Crippen LogP) is 2.44. The molecule has 0 saturated heterocycles. The molecule has 0 spiro atoms. The van der Waals surface area contributed by atoms with Crippen LogP contribution in [0, 0.1) is 5.92 Å². The van der Waals surface area contributed by atoms with Crippen LogP contribution in [0.1, 0.15) is 43.4 Å². The molecular formula is C22H32N4O3. The molecule has 1 aliphatic carbocycles. The zero-order chi connectivity index (χ0) is 20.5. The number of rotatable bonds is 10. The second-order valence-corrected chi connectivity index (χ2v) is 8.02. The number of aliphatic hydroxyl groups excluding tert-OH is 1. The molecule has 1 heterocycles. The molecule has 0 aliphatic heterocycles. The number of esters is 1. The predicted molar refractivity (Wildman–Crippen MR) is 110 cm³/mol. The SMILES string of the molecule is CN(CCc1ccccc1)Cc1cn(CC(O)COC(=O)C2CCCCC2)nn1. The van der Waals surface area contributed by atoms with Crippen LogP contribution in [0.15, 0.2) is 36.5 Å². The summed E-state index contributed by atoms with van der Waals surface area (Å²) >= 11 is 0. The number of nitrogens with zero attached hydrogens (tertiary/aromatic N) is 4. The Morgan fingerprint density at radius 3 is 2.79 bits per heavy atom. The lowest BCUT2D eigenvalue weighted by Crippen LogP contribution is -2.27. The van der Waals surface area contributed by atoms with E-state index in [4.69, 9.17) is 4.74 Å². The molecule has 0 bridgehead atoms. The Morgan fingerprint density at radius 2 is 2.03 bits per heavy atom. The summed E-state index contributed by atoms with van der Waals surface area (Å²) in [7, 11) is 2.06. The van der Waals surface area contributed by atoms with Crippen LogP contribution in [-0.4, -0.2) is 57.3 Å². The maximum absolute atomic E-state index is 12.1. The van der Waals surface area contributed by atoms with E-state index in [0.717, 1.165) is 44.3 Å². The van der Waals surface area contributed by atoms with E-state index in [-0.39, 0.29) is 25.0 Å². The smallest absolute Gasteiger partial charge is 0.309 e. The lowest BCUT2D eigenvalue weighted by Gasteiger charge is -2.20. The van der Waals surface area contributed by atoms with Crippen LogP contribution in [0.3, 0.4) is 0 Å². The molecule has 1 unspecified atom stereocenters. The number of aliphatic hydroxyl groups is 1. The number of carbonyl (C=O) groups is 1. The maximum Gasteiger partial charge on any atom is 0.309 e. The van der Waals surface area contributed by atoms with Crippen molar-refractivity contribution in [2.45, 2.75) is 57.7 Å². The van der Waals surface area contributed by atoms with Gasteiger partial charge in [0.2, 0.25) is 0 Å². The molecule has 2 aromatic rings. The van der Waals surface area contributed by atoms with Crippen molar-refractivity contribution >= 4 is 5.97 Å². The summed E-state index contributed by atoms with van der Waals surface area (Å²) in [5.41, 5.74) is 2.17. The Morgan fingerprint density at radius 1 is 1.28 bits per heavy atom. The van der Waals surface area contributed by atoms with Gasteiger partial charge in [0.1, 0.15) is 12.7 Å². The topological polar surface area (TPSA) is 80.5 Å². The summed E-state index contributed by atoms with van der Waals surface area (Å²) in [5, 5.41) is 18.4. The van der Waals surface area contributed by atoms with Crippen molar-refractivity contribution in [3.8, 4) is 0 Å². The van der Waals surface area contributed by atoms with Gasteiger partial charge in [-0.25, -0.2) is 4.68 Å². The van der Waals surface area contributed by atoms with E-state index in [2.05, 4.69) is 46.5 Å². The standard InChI is InChI=1S/C22H32N4O3/c1-25(13-12-18-8-4-2-5-9-18)14-20-15-26(24-23-20)16-21(27)17-29-22(28)19-10-6-3-7-11-19/h2,4-5,8-9,15,19,21,27H,3,6-7,10-14,16-17H2,1H3. The number of carbonyl (C=O) groups excluding carboxylic acids is 1. The first-order chi connectivity index (χ1) is 14.1. The van der Waals surface area contributed by atoms with Crippen LogP contribution >= 0.6 is 0 Å². The third kappa shape index (κ3) is 7.25. The Kier molecular flexibility index (Phi) is 8.19. The average molecular weight is 401 g/mol. The van der Waals surface area contributed by atoms with Gasteiger partial charge in [-0.2, -0.15) is 0 Å². The van der Waals surface area contributed by atoms with Crippen molar-refractivity contribution in [3.05, 3.63) is 47.8 Å². The lowest BCUT2D eigenvalue weighted by atomic mass is 9.89. The molecule has 29 heavy (non-hydrogen) atoms. The number of hydrogen-bond acceptors (Lipinski definition) is 6. The Bertz CT molecular complexity index is 744. The molecule has 1 fully saturated rings. The Hall–Kier alpha value is -2.25. The summed E-state index contributed by atoms with van der Waals surface area (Å²) < 4.78 is 6.91. The van der Waals surface area contributed by atoms with Gasteiger partial charge in [-0.05, 0) is 31.9 Å². The van der Waals surface area contributed by atoms with Gasteiger partial charge in [0.25, 0.3) is 0 Å². The van der Waals surface area contributed by atoms with Crippen molar-refractivity contribution < 1.29 is 14.6 Å². The van der Waals surface area contributed by atoms with Crippen LogP contribution in [0.5, 0.6) is 0 Å². The van der Waals surface area contributed by atoms with E-state index in [1.165, 1.54) is 12.0 Å². The van der Waals surface area contributed by atoms with Crippen molar-refractivity contribution in [1.82, 2.24) is 19.9 Å². The third-order valence-corrected chi connectivity index (χ3v) is 5.40. The van der Waals surface area contributed by atoms with Crippen molar-refractivity contribution in [3.63, 3.8) is 0 Å². The van der Waals surface area contributed by atoms with E-state index >= 15 is 0 Å². The van der Waals surface area contributed by atoms with Crippen LogP contribution in [0.2, 0.25) is 0 Å². The quantitative estimate of drug-likeness (QED) is 0.617. The number of ether oxygens (including phenoxy) is 1. The van der Waals surface area contributed by atoms with Crippen molar-refractivity contribution in [1.29, 1.82) is 0 Å². The number of hydrogen-bond donors (Lipinski definition) is 1. The normalized spacial score (nSPS) is 16.1. The number of likely N-dealkylation sites (N-methyl/N-ethyl adjacent to an activating group) is 1. The van der Waals surface area contributed by atoms with Gasteiger partial charge in [-0.1, -0.05) is 54.8 Å². The molecule has 1 N–H and O–H groups in total. The molecule has 1 aromatic carbocycles.